The van der Waals surface area contributed by atoms with Gasteiger partial charge < -0.3 is 5.32 Å². The van der Waals surface area contributed by atoms with Gasteiger partial charge in [0.05, 0.1) is 16.7 Å². The maximum absolute atomic E-state index is 13.5. The third-order valence-corrected chi connectivity index (χ3v) is 2.37. The zero-order valence-corrected chi connectivity index (χ0v) is 9.34. The molecule has 0 aliphatic heterocycles. The highest BCUT2D eigenvalue weighted by atomic mass is 19.1. The maximum atomic E-state index is 13.5. The Morgan fingerprint density at radius 1 is 1.39 bits per heavy atom. The minimum Gasteiger partial charge on any atom is -0.379 e. The predicted molar refractivity (Wildman–Crippen MR) is 64.6 cm³/mol. The number of nitro groups is 1. The number of hydrogen-bond donors (Lipinski definition) is 1. The Balaban J connectivity index is 2.08. The van der Waals surface area contributed by atoms with Crippen LogP contribution in [0.15, 0.2) is 42.7 Å². The van der Waals surface area contributed by atoms with Crippen LogP contribution in [0.1, 0.15) is 5.56 Å². The number of nitrogens with one attached hydrogen (secondary N) is 1. The van der Waals surface area contributed by atoms with Crippen molar-refractivity contribution in [1.82, 2.24) is 4.98 Å². The molecule has 0 aliphatic rings. The molecule has 0 aliphatic carbocycles. The maximum Gasteiger partial charge on any atom is 0.272 e. The van der Waals surface area contributed by atoms with Crippen LogP contribution in [0.5, 0.6) is 0 Å². The molecule has 0 radical (unpaired) electrons. The molecule has 2 aromatic rings. The first-order chi connectivity index (χ1) is 8.66. The topological polar surface area (TPSA) is 68.1 Å². The molecular formula is C12H10FN3O2. The van der Waals surface area contributed by atoms with Crippen LogP contribution in [0, 0.1) is 15.9 Å². The Kier molecular flexibility index (Phi) is 3.47. The van der Waals surface area contributed by atoms with Crippen molar-refractivity contribution < 1.29 is 9.31 Å². The van der Waals surface area contributed by atoms with Gasteiger partial charge in [0.1, 0.15) is 0 Å². The zero-order chi connectivity index (χ0) is 13.0. The van der Waals surface area contributed by atoms with E-state index in [1.54, 1.807) is 18.5 Å². The van der Waals surface area contributed by atoms with Gasteiger partial charge in [-0.05, 0) is 17.7 Å². The number of nitrogens with zero attached hydrogens (tertiary/aromatic N) is 2. The molecule has 0 fully saturated rings. The fourth-order valence-corrected chi connectivity index (χ4v) is 1.46. The Bertz CT molecular complexity index is 561. The summed E-state index contributed by atoms with van der Waals surface area (Å²) in [6.07, 6.45) is 3.31. The van der Waals surface area contributed by atoms with Crippen molar-refractivity contribution in [2.75, 3.05) is 5.32 Å². The summed E-state index contributed by atoms with van der Waals surface area (Å²) in [5.41, 5.74) is 0.860. The van der Waals surface area contributed by atoms with Crippen molar-refractivity contribution in [3.8, 4) is 0 Å². The van der Waals surface area contributed by atoms with Crippen molar-refractivity contribution in [1.29, 1.82) is 0 Å². The summed E-state index contributed by atoms with van der Waals surface area (Å²) in [4.78, 5) is 13.8. The van der Waals surface area contributed by atoms with Gasteiger partial charge in [-0.15, -0.1) is 0 Å². The molecular weight excluding hydrogens is 237 g/mol. The van der Waals surface area contributed by atoms with Crippen LogP contribution >= 0.6 is 0 Å². The standard InChI is InChI=1S/C12H10FN3O2/c13-11-6-10(16(17)18)3-4-12(11)15-8-9-2-1-5-14-7-9/h1-7,15H,8H2. The summed E-state index contributed by atoms with van der Waals surface area (Å²) in [5.74, 6) is -0.645. The number of nitro benzene ring substituents is 1. The first-order valence-electron chi connectivity index (χ1n) is 5.23. The second-order valence-corrected chi connectivity index (χ2v) is 3.64. The summed E-state index contributed by atoms with van der Waals surface area (Å²) >= 11 is 0. The molecule has 0 spiro atoms. The fraction of sp³-hybridized carbons (Fsp3) is 0.0833. The van der Waals surface area contributed by atoms with E-state index in [1.807, 2.05) is 6.07 Å². The largest absolute Gasteiger partial charge is 0.379 e. The van der Waals surface area contributed by atoms with Crippen LogP contribution in [-0.2, 0) is 6.54 Å². The van der Waals surface area contributed by atoms with E-state index < -0.39 is 10.7 Å². The van der Waals surface area contributed by atoms with Crippen LogP contribution < -0.4 is 5.32 Å². The lowest BCUT2D eigenvalue weighted by atomic mass is 10.2. The number of aromatic nitrogens is 1. The van der Waals surface area contributed by atoms with Crippen LogP contribution in [0.2, 0.25) is 0 Å². The van der Waals surface area contributed by atoms with Crippen LogP contribution in [0.4, 0.5) is 15.8 Å². The smallest absolute Gasteiger partial charge is 0.272 e. The van der Waals surface area contributed by atoms with Crippen LogP contribution in [-0.4, -0.2) is 9.91 Å². The van der Waals surface area contributed by atoms with Crippen molar-refractivity contribution in [3.63, 3.8) is 0 Å². The highest BCUT2D eigenvalue weighted by Gasteiger charge is 2.10. The van der Waals surface area contributed by atoms with E-state index in [1.165, 1.54) is 12.1 Å². The number of hydrogen-bond acceptors (Lipinski definition) is 4. The Labute approximate surface area is 102 Å². The van der Waals surface area contributed by atoms with E-state index in [0.717, 1.165) is 11.6 Å². The quantitative estimate of drug-likeness (QED) is 0.666. The summed E-state index contributed by atoms with van der Waals surface area (Å²) < 4.78 is 13.5. The van der Waals surface area contributed by atoms with Crippen LogP contribution in [0.25, 0.3) is 0 Å². The van der Waals surface area contributed by atoms with Crippen molar-refractivity contribution in [2.24, 2.45) is 0 Å². The molecule has 1 heterocycles. The number of anilines is 1. The average molecular weight is 247 g/mol. The van der Waals surface area contributed by atoms with Gasteiger partial charge >= 0.3 is 0 Å². The summed E-state index contributed by atoms with van der Waals surface area (Å²) in [5, 5.41) is 13.3. The number of pyridine rings is 1. The van der Waals surface area contributed by atoms with Crippen molar-refractivity contribution in [2.45, 2.75) is 6.54 Å². The van der Waals surface area contributed by atoms with E-state index in [4.69, 9.17) is 0 Å². The van der Waals surface area contributed by atoms with E-state index in [-0.39, 0.29) is 11.4 Å². The van der Waals surface area contributed by atoms with Crippen LogP contribution in [0.3, 0.4) is 0 Å². The minimum absolute atomic E-state index is 0.226. The third-order valence-electron chi connectivity index (χ3n) is 2.37. The summed E-state index contributed by atoms with van der Waals surface area (Å²) in [6.45, 7) is 0.405. The van der Waals surface area contributed by atoms with Gasteiger partial charge in [-0.1, -0.05) is 6.07 Å². The number of rotatable bonds is 4. The molecule has 5 nitrogen and oxygen atoms in total. The molecule has 1 aromatic carbocycles. The lowest BCUT2D eigenvalue weighted by Gasteiger charge is -2.06. The lowest BCUT2D eigenvalue weighted by molar-refractivity contribution is -0.385. The Morgan fingerprint density at radius 3 is 2.83 bits per heavy atom. The monoisotopic (exact) mass is 247 g/mol. The van der Waals surface area contributed by atoms with E-state index in [9.17, 15) is 14.5 Å². The average Bonchev–Trinajstić information content (AvgIpc) is 2.38. The van der Waals surface area contributed by atoms with E-state index in [0.29, 0.717) is 6.54 Å². The molecule has 18 heavy (non-hydrogen) atoms. The molecule has 1 N–H and O–H groups in total. The highest BCUT2D eigenvalue weighted by molar-refractivity contribution is 5.50. The van der Waals surface area contributed by atoms with Gasteiger partial charge in [-0.2, -0.15) is 0 Å². The van der Waals surface area contributed by atoms with Gasteiger partial charge in [0.25, 0.3) is 5.69 Å². The molecule has 92 valence electrons. The number of halogens is 1. The molecule has 6 heteroatoms. The first-order valence-corrected chi connectivity index (χ1v) is 5.23. The zero-order valence-electron chi connectivity index (χ0n) is 9.34. The van der Waals surface area contributed by atoms with E-state index in [2.05, 4.69) is 10.3 Å². The first kappa shape index (κ1) is 12.0. The lowest BCUT2D eigenvalue weighted by Crippen LogP contribution is -2.02. The highest BCUT2D eigenvalue weighted by Crippen LogP contribution is 2.20. The SMILES string of the molecule is O=[N+]([O-])c1ccc(NCc2cccnc2)c(F)c1. The molecule has 0 bridgehead atoms. The summed E-state index contributed by atoms with van der Waals surface area (Å²) in [6, 6.07) is 7.14. The van der Waals surface area contributed by atoms with Crippen molar-refractivity contribution >= 4 is 11.4 Å². The fourth-order valence-electron chi connectivity index (χ4n) is 1.46. The Morgan fingerprint density at radius 2 is 2.22 bits per heavy atom. The minimum atomic E-state index is -0.645. The molecule has 0 unspecified atom stereocenters. The normalized spacial score (nSPS) is 10.1. The second-order valence-electron chi connectivity index (χ2n) is 3.64. The predicted octanol–water partition coefficient (Wildman–Crippen LogP) is 2.74. The van der Waals surface area contributed by atoms with Gasteiger partial charge in [-0.25, -0.2) is 4.39 Å². The molecule has 1 aromatic heterocycles. The number of non-ortho nitro benzene ring substituents is 1. The molecule has 0 amide bonds. The molecule has 0 saturated carbocycles. The molecule has 2 rings (SSSR count). The number of benzene rings is 1. The molecule has 0 atom stereocenters. The summed E-state index contributed by atoms with van der Waals surface area (Å²) in [7, 11) is 0. The van der Waals surface area contributed by atoms with Gasteiger partial charge in [-0.3, -0.25) is 15.1 Å². The third kappa shape index (κ3) is 2.79. The molecule has 0 saturated heterocycles. The van der Waals surface area contributed by atoms with Crippen molar-refractivity contribution in [3.05, 3.63) is 64.2 Å². The van der Waals surface area contributed by atoms with Gasteiger partial charge in [0, 0.05) is 25.0 Å². The van der Waals surface area contributed by atoms with Gasteiger partial charge in [0.15, 0.2) is 5.82 Å². The Hall–Kier alpha value is -2.50. The van der Waals surface area contributed by atoms with Gasteiger partial charge in [0.2, 0.25) is 0 Å². The van der Waals surface area contributed by atoms with E-state index >= 15 is 0 Å². The second kappa shape index (κ2) is 5.22.